The van der Waals surface area contributed by atoms with Crippen molar-refractivity contribution in [1.29, 1.82) is 0 Å². The minimum atomic E-state index is 0.148. The van der Waals surface area contributed by atoms with Crippen molar-refractivity contribution in [2.75, 3.05) is 0 Å². The lowest BCUT2D eigenvalue weighted by molar-refractivity contribution is 1.04. The zero-order valence-corrected chi connectivity index (χ0v) is 8.79. The van der Waals surface area contributed by atoms with E-state index < -0.39 is 0 Å². The van der Waals surface area contributed by atoms with Gasteiger partial charge in [-0.15, -0.1) is 0 Å². The standard InChI is InChI=1S/C7H7.C3H7.Al.H/c1-7-5-3-2-4-6-7;1-3-2;;/h2-6H,1H2;3H,1-2H3;;. The van der Waals surface area contributed by atoms with Gasteiger partial charge < -0.3 is 0 Å². The normalized spacial score (nSPS) is 10.1. The quantitative estimate of drug-likeness (QED) is 0.599. The summed E-state index contributed by atoms with van der Waals surface area (Å²) in [6.07, 6.45) is 0. The van der Waals surface area contributed by atoms with E-state index in [1.165, 1.54) is 10.8 Å². The first-order valence-corrected chi connectivity index (χ1v) is 6.14. The van der Waals surface area contributed by atoms with Crippen LogP contribution in [0.2, 0.25) is 4.78 Å². The van der Waals surface area contributed by atoms with Crippen molar-refractivity contribution in [1.82, 2.24) is 0 Å². The average Bonchev–Trinajstić information content (AvgIpc) is 2.03. The van der Waals surface area contributed by atoms with E-state index in [0.29, 0.717) is 0 Å². The molecule has 0 saturated heterocycles. The smallest absolute Gasteiger partial charge is 0.0911 e. The molecule has 0 aliphatic carbocycles. The van der Waals surface area contributed by atoms with E-state index in [2.05, 4.69) is 44.2 Å². The van der Waals surface area contributed by atoms with Crippen LogP contribution in [0.25, 0.3) is 0 Å². The fourth-order valence-electron chi connectivity index (χ4n) is 1.10. The first-order valence-electron chi connectivity index (χ1n) is 4.33. The van der Waals surface area contributed by atoms with Crippen molar-refractivity contribution in [3.05, 3.63) is 35.9 Å². The summed E-state index contributed by atoms with van der Waals surface area (Å²) in [4.78, 5) is 0. The van der Waals surface area contributed by atoms with Gasteiger partial charge in [0.25, 0.3) is 0 Å². The fraction of sp³-hybridized carbons (Fsp3) is 0.400. The van der Waals surface area contributed by atoms with Crippen LogP contribution in [0.15, 0.2) is 30.3 Å². The van der Waals surface area contributed by atoms with Crippen molar-refractivity contribution in [2.45, 2.75) is 23.9 Å². The van der Waals surface area contributed by atoms with Crippen LogP contribution in [-0.4, -0.2) is 15.2 Å². The van der Waals surface area contributed by atoms with Crippen LogP contribution in [0, 0.1) is 0 Å². The monoisotopic (exact) mass is 162 g/mol. The molecule has 1 rings (SSSR count). The first kappa shape index (κ1) is 8.85. The van der Waals surface area contributed by atoms with Gasteiger partial charge in [-0.25, -0.2) is 0 Å². The zero-order valence-electron chi connectivity index (χ0n) is 7.38. The van der Waals surface area contributed by atoms with Gasteiger partial charge in [-0.1, -0.05) is 59.8 Å². The van der Waals surface area contributed by atoms with Crippen molar-refractivity contribution in [3.63, 3.8) is 0 Å². The molecular weight excluding hydrogens is 147 g/mol. The molecule has 0 radical (unpaired) electrons. The van der Waals surface area contributed by atoms with Gasteiger partial charge in [0.1, 0.15) is 0 Å². The predicted molar refractivity (Wildman–Crippen MR) is 52.4 cm³/mol. The SMILES string of the molecule is C[CH](C)[AlH][CH2]c1ccccc1. The van der Waals surface area contributed by atoms with E-state index in [4.69, 9.17) is 0 Å². The maximum Gasteiger partial charge on any atom is 0.246 e. The van der Waals surface area contributed by atoms with E-state index in [1.54, 1.807) is 0 Å². The topological polar surface area (TPSA) is 0 Å². The molecule has 58 valence electrons. The molecule has 0 spiro atoms. The van der Waals surface area contributed by atoms with Gasteiger partial charge in [-0.05, 0) is 0 Å². The second kappa shape index (κ2) is 4.59. The number of rotatable bonds is 3. The minimum absolute atomic E-state index is 0.148. The maximum atomic E-state index is 2.33. The molecule has 0 aliphatic rings. The Morgan fingerprint density at radius 1 is 1.18 bits per heavy atom. The molecule has 0 heterocycles. The third-order valence-electron chi connectivity index (χ3n) is 1.85. The molecule has 0 N–H and O–H groups in total. The highest BCUT2D eigenvalue weighted by atomic mass is 27.1. The minimum Gasteiger partial charge on any atom is -0.0911 e. The molecule has 0 unspecified atom stereocenters. The molecule has 0 atom stereocenters. The summed E-state index contributed by atoms with van der Waals surface area (Å²) in [6, 6.07) is 10.8. The number of hydrogen-bond acceptors (Lipinski definition) is 0. The van der Waals surface area contributed by atoms with E-state index in [0.717, 1.165) is 4.78 Å². The van der Waals surface area contributed by atoms with Crippen LogP contribution in [0.4, 0.5) is 0 Å². The number of hydrogen-bond donors (Lipinski definition) is 0. The van der Waals surface area contributed by atoms with Gasteiger partial charge in [0, 0.05) is 0 Å². The summed E-state index contributed by atoms with van der Waals surface area (Å²) in [5.74, 6) is 0. The molecule has 0 amide bonds. The van der Waals surface area contributed by atoms with Crippen LogP contribution in [0.3, 0.4) is 0 Å². The molecule has 1 aromatic rings. The summed E-state index contributed by atoms with van der Waals surface area (Å²) < 4.78 is 0.954. The maximum absolute atomic E-state index is 2.33. The van der Waals surface area contributed by atoms with Crippen LogP contribution < -0.4 is 0 Å². The van der Waals surface area contributed by atoms with Gasteiger partial charge in [-0.2, -0.15) is 0 Å². The van der Waals surface area contributed by atoms with Crippen molar-refractivity contribution in [2.24, 2.45) is 0 Å². The van der Waals surface area contributed by atoms with E-state index in [9.17, 15) is 0 Å². The summed E-state index contributed by atoms with van der Waals surface area (Å²) in [5, 5.41) is 1.36. The molecular formula is C10H15Al. The van der Waals surface area contributed by atoms with Gasteiger partial charge in [0.2, 0.25) is 15.2 Å². The Morgan fingerprint density at radius 3 is 2.36 bits per heavy atom. The van der Waals surface area contributed by atoms with E-state index in [1.807, 2.05) is 0 Å². The van der Waals surface area contributed by atoms with Gasteiger partial charge in [-0.3, -0.25) is 0 Å². The van der Waals surface area contributed by atoms with E-state index >= 15 is 0 Å². The Labute approximate surface area is 75.3 Å². The van der Waals surface area contributed by atoms with Gasteiger partial charge in [0.05, 0.1) is 0 Å². The summed E-state index contributed by atoms with van der Waals surface area (Å²) >= 11 is 0.148. The molecule has 0 aromatic heterocycles. The average molecular weight is 162 g/mol. The van der Waals surface area contributed by atoms with E-state index in [-0.39, 0.29) is 15.2 Å². The Balaban J connectivity index is 2.39. The van der Waals surface area contributed by atoms with Gasteiger partial charge >= 0.3 is 0 Å². The largest absolute Gasteiger partial charge is 0.246 e. The summed E-state index contributed by atoms with van der Waals surface area (Å²) in [7, 11) is 0. The summed E-state index contributed by atoms with van der Waals surface area (Å²) in [6.45, 7) is 4.66. The lowest BCUT2D eigenvalue weighted by Gasteiger charge is -2.00. The summed E-state index contributed by atoms with van der Waals surface area (Å²) in [5.41, 5.74) is 1.52. The molecule has 1 aromatic carbocycles. The lowest BCUT2D eigenvalue weighted by atomic mass is 10.2. The van der Waals surface area contributed by atoms with Crippen molar-refractivity contribution < 1.29 is 0 Å². The van der Waals surface area contributed by atoms with Gasteiger partial charge in [0.15, 0.2) is 0 Å². The zero-order chi connectivity index (χ0) is 8.10. The highest BCUT2D eigenvalue weighted by molar-refractivity contribution is 6.36. The highest BCUT2D eigenvalue weighted by Crippen LogP contribution is 2.04. The third kappa shape index (κ3) is 3.60. The van der Waals surface area contributed by atoms with Crippen LogP contribution in [-0.2, 0) is 5.28 Å². The predicted octanol–water partition coefficient (Wildman–Crippen LogP) is 2.45. The van der Waals surface area contributed by atoms with Crippen molar-refractivity contribution >= 4 is 15.2 Å². The molecule has 11 heavy (non-hydrogen) atoms. The molecule has 1 heteroatoms. The lowest BCUT2D eigenvalue weighted by Crippen LogP contribution is -1.99. The molecule has 0 saturated carbocycles. The second-order valence-corrected chi connectivity index (χ2v) is 6.13. The fourth-order valence-corrected chi connectivity index (χ4v) is 2.34. The Morgan fingerprint density at radius 2 is 1.82 bits per heavy atom. The highest BCUT2D eigenvalue weighted by Gasteiger charge is 1.99. The Hall–Kier alpha value is -0.248. The number of benzene rings is 1. The molecule has 0 aliphatic heterocycles. The second-order valence-electron chi connectivity index (χ2n) is 3.42. The molecule has 0 nitrogen and oxygen atoms in total. The Kier molecular flexibility index (Phi) is 3.69. The third-order valence-corrected chi connectivity index (χ3v) is 3.87. The van der Waals surface area contributed by atoms with Crippen molar-refractivity contribution in [3.8, 4) is 0 Å². The van der Waals surface area contributed by atoms with Crippen LogP contribution in [0.5, 0.6) is 0 Å². The Bertz CT molecular complexity index is 191. The first-order chi connectivity index (χ1) is 5.29. The van der Waals surface area contributed by atoms with Crippen LogP contribution in [0.1, 0.15) is 19.4 Å². The molecule has 0 fully saturated rings. The molecule has 0 bridgehead atoms. The van der Waals surface area contributed by atoms with Crippen LogP contribution >= 0.6 is 0 Å².